The zero-order valence-corrected chi connectivity index (χ0v) is 11.3. The Bertz CT molecular complexity index is 566. The first kappa shape index (κ1) is 12.8. The Balaban J connectivity index is 2.28. The highest BCUT2D eigenvalue weighted by Crippen LogP contribution is 2.29. The molecule has 0 fully saturated rings. The second-order valence-corrected chi connectivity index (χ2v) is 4.64. The molecule has 0 aromatic heterocycles. The van der Waals surface area contributed by atoms with Crippen LogP contribution in [0.15, 0.2) is 36.4 Å². The molecular formula is C15H16ClNO. The summed E-state index contributed by atoms with van der Waals surface area (Å²) in [6.07, 6.45) is 0.886. The Morgan fingerprint density at radius 2 is 1.94 bits per heavy atom. The minimum absolute atomic E-state index is 0.741. The van der Waals surface area contributed by atoms with Crippen LogP contribution in [0.3, 0.4) is 0 Å². The summed E-state index contributed by atoms with van der Waals surface area (Å²) in [7, 11) is 0. The van der Waals surface area contributed by atoms with Crippen LogP contribution >= 0.6 is 11.6 Å². The van der Waals surface area contributed by atoms with E-state index in [4.69, 9.17) is 22.1 Å². The summed E-state index contributed by atoms with van der Waals surface area (Å²) in [6.45, 7) is 4.04. The lowest BCUT2D eigenvalue weighted by molar-refractivity contribution is 0.478. The zero-order valence-electron chi connectivity index (χ0n) is 10.5. The maximum Gasteiger partial charge on any atom is 0.130 e. The van der Waals surface area contributed by atoms with E-state index in [1.54, 1.807) is 0 Å². The zero-order chi connectivity index (χ0) is 13.1. The molecular weight excluding hydrogens is 246 g/mol. The molecule has 0 heterocycles. The van der Waals surface area contributed by atoms with Gasteiger partial charge in [-0.25, -0.2) is 0 Å². The Morgan fingerprint density at radius 3 is 2.61 bits per heavy atom. The van der Waals surface area contributed by atoms with E-state index in [9.17, 15) is 0 Å². The molecule has 0 aliphatic rings. The van der Waals surface area contributed by atoms with Gasteiger partial charge in [-0.3, -0.25) is 0 Å². The van der Waals surface area contributed by atoms with Crippen LogP contribution in [0, 0.1) is 6.92 Å². The van der Waals surface area contributed by atoms with Gasteiger partial charge in [0.15, 0.2) is 0 Å². The number of benzene rings is 2. The van der Waals surface area contributed by atoms with Crippen molar-refractivity contribution in [2.45, 2.75) is 20.3 Å². The van der Waals surface area contributed by atoms with Gasteiger partial charge in [-0.1, -0.05) is 18.5 Å². The first-order valence-corrected chi connectivity index (χ1v) is 6.30. The summed E-state index contributed by atoms with van der Waals surface area (Å²) >= 11 is 6.08. The molecule has 0 bridgehead atoms. The van der Waals surface area contributed by atoms with Crippen molar-refractivity contribution in [1.82, 2.24) is 0 Å². The topological polar surface area (TPSA) is 35.2 Å². The number of hydrogen-bond acceptors (Lipinski definition) is 2. The van der Waals surface area contributed by atoms with Gasteiger partial charge < -0.3 is 10.5 Å². The van der Waals surface area contributed by atoms with Crippen LogP contribution < -0.4 is 10.5 Å². The molecule has 0 saturated heterocycles. The van der Waals surface area contributed by atoms with Crippen molar-refractivity contribution in [1.29, 1.82) is 0 Å². The van der Waals surface area contributed by atoms with E-state index < -0.39 is 0 Å². The van der Waals surface area contributed by atoms with E-state index in [-0.39, 0.29) is 0 Å². The van der Waals surface area contributed by atoms with Crippen molar-refractivity contribution in [2.75, 3.05) is 5.73 Å². The van der Waals surface area contributed by atoms with Crippen molar-refractivity contribution >= 4 is 17.3 Å². The maximum atomic E-state index is 6.08. The van der Waals surface area contributed by atoms with E-state index in [0.717, 1.165) is 39.8 Å². The van der Waals surface area contributed by atoms with Crippen molar-refractivity contribution in [3.05, 3.63) is 52.5 Å². The smallest absolute Gasteiger partial charge is 0.130 e. The van der Waals surface area contributed by atoms with Crippen molar-refractivity contribution in [3.63, 3.8) is 0 Å². The Morgan fingerprint density at radius 1 is 1.17 bits per heavy atom. The largest absolute Gasteiger partial charge is 0.457 e. The molecule has 0 amide bonds. The SMILES string of the molecule is CCc1cc(Oc2ccc(N)cc2C)ccc1Cl. The van der Waals surface area contributed by atoms with Crippen LogP contribution in [0.4, 0.5) is 5.69 Å². The summed E-state index contributed by atoms with van der Waals surface area (Å²) in [4.78, 5) is 0. The second kappa shape index (κ2) is 5.32. The number of ether oxygens (including phenoxy) is 1. The van der Waals surface area contributed by atoms with Crippen LogP contribution in [-0.4, -0.2) is 0 Å². The predicted octanol–water partition coefficient (Wildman–Crippen LogP) is 4.59. The molecule has 0 saturated carbocycles. The summed E-state index contributed by atoms with van der Waals surface area (Å²) in [6, 6.07) is 11.3. The number of rotatable bonds is 3. The Labute approximate surface area is 112 Å². The molecule has 94 valence electrons. The molecule has 2 N–H and O–H groups in total. The molecule has 2 aromatic carbocycles. The lowest BCUT2D eigenvalue weighted by atomic mass is 10.1. The van der Waals surface area contributed by atoms with Crippen molar-refractivity contribution < 1.29 is 4.74 Å². The molecule has 0 unspecified atom stereocenters. The first-order valence-electron chi connectivity index (χ1n) is 5.92. The highest BCUT2D eigenvalue weighted by molar-refractivity contribution is 6.31. The third-order valence-electron chi connectivity index (χ3n) is 2.82. The standard InChI is InChI=1S/C15H16ClNO/c1-3-11-9-13(5-6-14(11)16)18-15-7-4-12(17)8-10(15)2/h4-9H,3,17H2,1-2H3. The Kier molecular flexibility index (Phi) is 3.78. The van der Waals surface area contributed by atoms with Crippen LogP contribution in [0.1, 0.15) is 18.1 Å². The van der Waals surface area contributed by atoms with Gasteiger partial charge in [0.25, 0.3) is 0 Å². The number of anilines is 1. The highest BCUT2D eigenvalue weighted by atomic mass is 35.5. The molecule has 2 rings (SSSR count). The van der Waals surface area contributed by atoms with Gasteiger partial charge in [-0.05, 0) is 60.9 Å². The van der Waals surface area contributed by atoms with Gasteiger partial charge in [0.2, 0.25) is 0 Å². The molecule has 2 aromatic rings. The summed E-state index contributed by atoms with van der Waals surface area (Å²) in [5, 5.41) is 0.777. The van der Waals surface area contributed by atoms with Gasteiger partial charge in [-0.2, -0.15) is 0 Å². The lowest BCUT2D eigenvalue weighted by Crippen LogP contribution is -1.92. The van der Waals surface area contributed by atoms with Crippen LogP contribution in [0.5, 0.6) is 11.5 Å². The minimum Gasteiger partial charge on any atom is -0.457 e. The third kappa shape index (κ3) is 2.77. The maximum absolute atomic E-state index is 6.08. The van der Waals surface area contributed by atoms with Crippen LogP contribution in [0.2, 0.25) is 5.02 Å². The molecule has 0 atom stereocenters. The van der Waals surface area contributed by atoms with Gasteiger partial charge in [0.1, 0.15) is 11.5 Å². The minimum atomic E-state index is 0.741. The summed E-state index contributed by atoms with van der Waals surface area (Å²) in [5.74, 6) is 1.61. The van der Waals surface area contributed by atoms with Crippen molar-refractivity contribution in [2.24, 2.45) is 0 Å². The van der Waals surface area contributed by atoms with Crippen molar-refractivity contribution in [3.8, 4) is 11.5 Å². The number of nitrogen functional groups attached to an aromatic ring is 1. The summed E-state index contributed by atoms with van der Waals surface area (Å²) in [5.41, 5.74) is 8.56. The van der Waals surface area contributed by atoms with Gasteiger partial charge in [0.05, 0.1) is 0 Å². The highest BCUT2D eigenvalue weighted by Gasteiger charge is 2.04. The molecule has 0 aliphatic heterocycles. The fourth-order valence-electron chi connectivity index (χ4n) is 1.80. The fraction of sp³-hybridized carbons (Fsp3) is 0.200. The van der Waals surface area contributed by atoms with E-state index >= 15 is 0 Å². The molecule has 18 heavy (non-hydrogen) atoms. The van der Waals surface area contributed by atoms with Gasteiger partial charge in [-0.15, -0.1) is 0 Å². The monoisotopic (exact) mass is 261 g/mol. The predicted molar refractivity (Wildman–Crippen MR) is 76.5 cm³/mol. The Hall–Kier alpha value is -1.67. The number of aryl methyl sites for hydroxylation is 2. The number of halogens is 1. The number of nitrogens with two attached hydrogens (primary N) is 1. The lowest BCUT2D eigenvalue weighted by Gasteiger charge is -2.11. The fourth-order valence-corrected chi connectivity index (χ4v) is 2.05. The average Bonchev–Trinajstić information content (AvgIpc) is 2.35. The third-order valence-corrected chi connectivity index (χ3v) is 3.19. The van der Waals surface area contributed by atoms with E-state index in [1.165, 1.54) is 0 Å². The van der Waals surface area contributed by atoms with E-state index in [0.29, 0.717) is 0 Å². The molecule has 0 spiro atoms. The van der Waals surface area contributed by atoms with Gasteiger partial charge >= 0.3 is 0 Å². The number of hydrogen-bond donors (Lipinski definition) is 1. The average molecular weight is 262 g/mol. The molecule has 0 aliphatic carbocycles. The molecule has 3 heteroatoms. The first-order chi connectivity index (χ1) is 8.60. The van der Waals surface area contributed by atoms with Crippen LogP contribution in [-0.2, 0) is 6.42 Å². The summed E-state index contributed by atoms with van der Waals surface area (Å²) < 4.78 is 5.85. The van der Waals surface area contributed by atoms with Crippen LogP contribution in [0.25, 0.3) is 0 Å². The second-order valence-electron chi connectivity index (χ2n) is 4.23. The molecule has 2 nitrogen and oxygen atoms in total. The molecule has 0 radical (unpaired) electrons. The normalized spacial score (nSPS) is 10.4. The van der Waals surface area contributed by atoms with E-state index in [2.05, 4.69) is 6.92 Å². The van der Waals surface area contributed by atoms with Gasteiger partial charge in [0, 0.05) is 10.7 Å². The van der Waals surface area contributed by atoms with E-state index in [1.807, 2.05) is 43.3 Å². The quantitative estimate of drug-likeness (QED) is 0.821.